The summed E-state index contributed by atoms with van der Waals surface area (Å²) in [6.45, 7) is 6.98. The van der Waals surface area contributed by atoms with Crippen molar-refractivity contribution in [3.8, 4) is 0 Å². The number of nitrogens with one attached hydrogen (secondary N) is 1. The Labute approximate surface area is 122 Å². The smallest absolute Gasteiger partial charge is 0.232 e. The lowest BCUT2D eigenvalue weighted by Gasteiger charge is -2.31. The third kappa shape index (κ3) is 2.73. The van der Waals surface area contributed by atoms with Gasteiger partial charge in [-0.15, -0.1) is 0 Å². The summed E-state index contributed by atoms with van der Waals surface area (Å²) in [6.07, 6.45) is 2.97. The molecule has 1 aliphatic rings. The number of para-hydroxylation sites is 1. The van der Waals surface area contributed by atoms with Gasteiger partial charge in [-0.2, -0.15) is 0 Å². The van der Waals surface area contributed by atoms with Crippen molar-refractivity contribution < 1.29 is 4.79 Å². The maximum absolute atomic E-state index is 12.9. The largest absolute Gasteiger partial charge is 0.313 e. The fraction of sp³-hybridized carbons (Fsp3) is 0.588. The molecule has 3 heteroatoms. The van der Waals surface area contributed by atoms with Gasteiger partial charge in [0.2, 0.25) is 5.91 Å². The predicted molar refractivity (Wildman–Crippen MR) is 83.9 cm³/mol. The lowest BCUT2D eigenvalue weighted by molar-refractivity contribution is -0.126. The van der Waals surface area contributed by atoms with Gasteiger partial charge in [-0.25, -0.2) is 0 Å². The van der Waals surface area contributed by atoms with Gasteiger partial charge in [-0.3, -0.25) is 4.79 Å². The van der Waals surface area contributed by atoms with E-state index < -0.39 is 0 Å². The Kier molecular flexibility index (Phi) is 4.48. The lowest BCUT2D eigenvalue weighted by atomic mass is 9.88. The monoisotopic (exact) mass is 274 g/mol. The van der Waals surface area contributed by atoms with E-state index >= 15 is 0 Å². The topological polar surface area (TPSA) is 32.3 Å². The summed E-state index contributed by atoms with van der Waals surface area (Å²) in [5.41, 5.74) is 2.02. The number of fused-ring (bicyclic) bond motifs is 1. The summed E-state index contributed by atoms with van der Waals surface area (Å²) in [4.78, 5) is 14.9. The molecule has 0 fully saturated rings. The first kappa shape index (κ1) is 15.0. The zero-order valence-corrected chi connectivity index (χ0v) is 13.1. The van der Waals surface area contributed by atoms with Crippen LogP contribution in [0.3, 0.4) is 0 Å². The van der Waals surface area contributed by atoms with Crippen LogP contribution in [0.25, 0.3) is 0 Å². The minimum atomic E-state index is -0.299. The van der Waals surface area contributed by atoms with Crippen molar-refractivity contribution in [3.05, 3.63) is 29.8 Å². The molecule has 3 nitrogen and oxygen atoms in total. The van der Waals surface area contributed by atoms with Crippen LogP contribution >= 0.6 is 0 Å². The number of hydrogen-bond acceptors (Lipinski definition) is 2. The molecule has 1 aromatic carbocycles. The van der Waals surface area contributed by atoms with E-state index in [0.717, 1.165) is 31.5 Å². The Balaban J connectivity index is 2.42. The molecule has 0 saturated heterocycles. The van der Waals surface area contributed by atoms with Gasteiger partial charge in [0.25, 0.3) is 0 Å². The van der Waals surface area contributed by atoms with Crippen LogP contribution in [0.1, 0.15) is 51.6 Å². The van der Waals surface area contributed by atoms with E-state index in [-0.39, 0.29) is 11.3 Å². The second-order valence-electron chi connectivity index (χ2n) is 6.24. The van der Waals surface area contributed by atoms with E-state index in [0.29, 0.717) is 6.04 Å². The van der Waals surface area contributed by atoms with Crippen molar-refractivity contribution in [2.24, 2.45) is 5.41 Å². The third-order valence-electron chi connectivity index (χ3n) is 4.53. The number of carbonyl (C=O) groups excluding carboxylic acids is 1. The molecule has 1 heterocycles. The minimum absolute atomic E-state index is 0.240. The van der Waals surface area contributed by atoms with Crippen molar-refractivity contribution >= 4 is 11.6 Å². The van der Waals surface area contributed by atoms with Gasteiger partial charge < -0.3 is 10.2 Å². The van der Waals surface area contributed by atoms with Crippen LogP contribution in [-0.2, 0) is 4.79 Å². The zero-order chi connectivity index (χ0) is 14.8. The molecule has 0 saturated carbocycles. The predicted octanol–water partition coefficient (Wildman–Crippen LogP) is 3.51. The Hall–Kier alpha value is -1.35. The van der Waals surface area contributed by atoms with E-state index in [4.69, 9.17) is 0 Å². The van der Waals surface area contributed by atoms with Crippen LogP contribution in [0.2, 0.25) is 0 Å². The zero-order valence-electron chi connectivity index (χ0n) is 13.1. The Bertz CT molecular complexity index is 482. The highest BCUT2D eigenvalue weighted by atomic mass is 16.2. The Morgan fingerprint density at radius 2 is 2.10 bits per heavy atom. The number of carbonyl (C=O) groups is 1. The highest BCUT2D eigenvalue weighted by molar-refractivity contribution is 5.98. The molecule has 20 heavy (non-hydrogen) atoms. The molecular weight excluding hydrogens is 248 g/mol. The molecule has 1 unspecified atom stereocenters. The number of nitrogens with zero attached hydrogens (tertiary/aromatic N) is 1. The Morgan fingerprint density at radius 3 is 2.75 bits per heavy atom. The molecule has 2 rings (SSSR count). The standard InChI is InChI=1S/C17H26N2O/c1-5-17(2,3)16(20)19-12-8-10-14(18-4)13-9-6-7-11-15(13)19/h6-7,9,11,14,18H,5,8,10,12H2,1-4H3. The fourth-order valence-electron chi connectivity index (χ4n) is 2.78. The molecule has 1 N–H and O–H groups in total. The average molecular weight is 274 g/mol. The second kappa shape index (κ2) is 5.96. The van der Waals surface area contributed by atoms with Crippen molar-refractivity contribution in [1.29, 1.82) is 0 Å². The SMILES string of the molecule is CCC(C)(C)C(=O)N1CCCC(NC)c2ccccc21. The third-order valence-corrected chi connectivity index (χ3v) is 4.53. The molecule has 0 aliphatic carbocycles. The van der Waals surface area contributed by atoms with Crippen LogP contribution in [0.4, 0.5) is 5.69 Å². The van der Waals surface area contributed by atoms with Gasteiger partial charge in [-0.1, -0.05) is 39.0 Å². The molecule has 1 atom stereocenters. The van der Waals surface area contributed by atoms with Crippen molar-refractivity contribution in [1.82, 2.24) is 5.32 Å². The summed E-state index contributed by atoms with van der Waals surface area (Å²) in [5.74, 6) is 0.240. The van der Waals surface area contributed by atoms with Crippen LogP contribution in [0.15, 0.2) is 24.3 Å². The molecule has 0 aromatic heterocycles. The van der Waals surface area contributed by atoms with Crippen molar-refractivity contribution in [3.63, 3.8) is 0 Å². The summed E-state index contributed by atoms with van der Waals surface area (Å²) < 4.78 is 0. The van der Waals surface area contributed by atoms with E-state index in [2.05, 4.69) is 30.4 Å². The Morgan fingerprint density at radius 1 is 1.40 bits per heavy atom. The first-order valence-corrected chi connectivity index (χ1v) is 7.59. The van der Waals surface area contributed by atoms with Crippen LogP contribution < -0.4 is 10.2 Å². The number of benzene rings is 1. The molecule has 1 aromatic rings. The molecule has 1 amide bonds. The van der Waals surface area contributed by atoms with Gasteiger partial charge in [0.1, 0.15) is 0 Å². The van der Waals surface area contributed by atoms with Crippen molar-refractivity contribution in [2.75, 3.05) is 18.5 Å². The normalized spacial score (nSPS) is 19.4. The van der Waals surface area contributed by atoms with E-state index in [9.17, 15) is 4.79 Å². The fourth-order valence-corrected chi connectivity index (χ4v) is 2.78. The number of hydrogen-bond donors (Lipinski definition) is 1. The second-order valence-corrected chi connectivity index (χ2v) is 6.24. The van der Waals surface area contributed by atoms with Crippen molar-refractivity contribution in [2.45, 2.75) is 46.1 Å². The average Bonchev–Trinajstić information content (AvgIpc) is 2.65. The quantitative estimate of drug-likeness (QED) is 0.914. The van der Waals surface area contributed by atoms with Gasteiger partial charge in [0, 0.05) is 23.7 Å². The number of amides is 1. The van der Waals surface area contributed by atoms with E-state index in [1.54, 1.807) is 0 Å². The molecular formula is C17H26N2O. The van der Waals surface area contributed by atoms with Gasteiger partial charge in [0.15, 0.2) is 0 Å². The summed E-state index contributed by atoms with van der Waals surface area (Å²) in [5, 5.41) is 3.37. The van der Waals surface area contributed by atoms with Gasteiger partial charge in [-0.05, 0) is 37.9 Å². The summed E-state index contributed by atoms with van der Waals surface area (Å²) in [6, 6.07) is 8.64. The number of rotatable bonds is 3. The molecule has 0 spiro atoms. The minimum Gasteiger partial charge on any atom is -0.313 e. The highest BCUT2D eigenvalue weighted by Gasteiger charge is 2.33. The van der Waals surface area contributed by atoms with E-state index in [1.165, 1.54) is 5.56 Å². The maximum Gasteiger partial charge on any atom is 0.232 e. The number of anilines is 1. The summed E-state index contributed by atoms with van der Waals surface area (Å²) in [7, 11) is 1.99. The lowest BCUT2D eigenvalue weighted by Crippen LogP contribution is -2.41. The molecule has 0 bridgehead atoms. The van der Waals surface area contributed by atoms with Crippen LogP contribution in [-0.4, -0.2) is 19.5 Å². The maximum atomic E-state index is 12.9. The van der Waals surface area contributed by atoms with Crippen LogP contribution in [0.5, 0.6) is 0 Å². The first-order chi connectivity index (χ1) is 9.51. The van der Waals surface area contributed by atoms with Gasteiger partial charge in [0.05, 0.1) is 0 Å². The summed E-state index contributed by atoms with van der Waals surface area (Å²) >= 11 is 0. The van der Waals surface area contributed by atoms with Gasteiger partial charge >= 0.3 is 0 Å². The molecule has 0 radical (unpaired) electrons. The molecule has 1 aliphatic heterocycles. The van der Waals surface area contributed by atoms with Crippen LogP contribution in [0, 0.1) is 5.41 Å². The molecule has 110 valence electrons. The first-order valence-electron chi connectivity index (χ1n) is 7.59. The van der Waals surface area contributed by atoms with E-state index in [1.807, 2.05) is 31.9 Å². The highest BCUT2D eigenvalue weighted by Crippen LogP contribution is 2.35.